The summed E-state index contributed by atoms with van der Waals surface area (Å²) in [7, 11) is 0. The summed E-state index contributed by atoms with van der Waals surface area (Å²) in [5, 5.41) is 13.1. The third-order valence-electron chi connectivity index (χ3n) is 4.79. The quantitative estimate of drug-likeness (QED) is 0.492. The number of nitrogens with two attached hydrogens (primary N) is 1. The van der Waals surface area contributed by atoms with Crippen LogP contribution in [-0.4, -0.2) is 20.7 Å². The first-order chi connectivity index (χ1) is 14.6. The number of fused-ring (bicyclic) bond motifs is 1. The monoisotopic (exact) mass is 394 g/mol. The van der Waals surface area contributed by atoms with E-state index in [-0.39, 0.29) is 11.6 Å². The maximum atomic E-state index is 12.3. The van der Waals surface area contributed by atoms with Crippen LogP contribution in [0.1, 0.15) is 28.7 Å². The van der Waals surface area contributed by atoms with E-state index in [1.54, 1.807) is 18.6 Å². The smallest absolute Gasteiger partial charge is 0.232 e. The van der Waals surface area contributed by atoms with Gasteiger partial charge in [-0.1, -0.05) is 18.2 Å². The summed E-state index contributed by atoms with van der Waals surface area (Å²) in [6.07, 6.45) is 4.80. The Morgan fingerprint density at radius 3 is 2.40 bits per heavy atom. The molecule has 0 spiro atoms. The summed E-state index contributed by atoms with van der Waals surface area (Å²) in [4.78, 5) is 24.8. The molecule has 0 saturated heterocycles. The number of nitriles is 1. The van der Waals surface area contributed by atoms with Gasteiger partial charge < -0.3 is 11.1 Å². The lowest BCUT2D eigenvalue weighted by molar-refractivity contribution is 0.101. The van der Waals surface area contributed by atoms with E-state index in [0.717, 1.165) is 33.3 Å². The Bertz CT molecular complexity index is 1270. The van der Waals surface area contributed by atoms with Gasteiger partial charge in [0.2, 0.25) is 5.82 Å². The molecular formula is C23H18N6O. The number of carbonyl (C=O) groups excluding carboxylic acids is 1. The summed E-state index contributed by atoms with van der Waals surface area (Å²) in [6.45, 7) is 1.98. The Labute approximate surface area is 173 Å². The van der Waals surface area contributed by atoms with Crippen molar-refractivity contribution in [2.75, 3.05) is 5.32 Å². The molecule has 4 rings (SSSR count). The predicted octanol–water partition coefficient (Wildman–Crippen LogP) is 3.97. The second-order valence-electron chi connectivity index (χ2n) is 6.77. The van der Waals surface area contributed by atoms with Gasteiger partial charge in [-0.2, -0.15) is 5.26 Å². The Hall–Kier alpha value is -4.15. The number of carbonyl (C=O) groups is 1. The van der Waals surface area contributed by atoms with Crippen molar-refractivity contribution in [3.8, 4) is 17.2 Å². The van der Waals surface area contributed by atoms with Gasteiger partial charge in [-0.3, -0.25) is 9.78 Å². The predicted molar refractivity (Wildman–Crippen MR) is 115 cm³/mol. The Morgan fingerprint density at radius 1 is 1.03 bits per heavy atom. The molecule has 0 aliphatic heterocycles. The molecule has 146 valence electrons. The summed E-state index contributed by atoms with van der Waals surface area (Å²) in [6, 6.07) is 15.4. The van der Waals surface area contributed by atoms with Crippen LogP contribution in [0.25, 0.3) is 22.0 Å². The van der Waals surface area contributed by atoms with E-state index >= 15 is 0 Å². The number of rotatable bonds is 5. The van der Waals surface area contributed by atoms with Crippen molar-refractivity contribution in [2.45, 2.75) is 13.5 Å². The molecule has 7 heteroatoms. The molecule has 0 atom stereocenters. The number of pyridine rings is 1. The third kappa shape index (κ3) is 3.72. The normalized spacial score (nSPS) is 10.6. The van der Waals surface area contributed by atoms with Crippen LogP contribution in [0.4, 0.5) is 11.4 Å². The van der Waals surface area contributed by atoms with E-state index < -0.39 is 0 Å². The number of nitrogens with zero attached hydrogens (tertiary/aromatic N) is 4. The number of nitrogens with one attached hydrogen (secondary N) is 1. The maximum Gasteiger partial charge on any atom is 0.232 e. The second kappa shape index (κ2) is 8.07. The van der Waals surface area contributed by atoms with Crippen molar-refractivity contribution in [3.63, 3.8) is 0 Å². The lowest BCUT2D eigenvalue weighted by Gasteiger charge is -2.15. The van der Waals surface area contributed by atoms with Gasteiger partial charge in [0.05, 0.1) is 16.8 Å². The largest absolute Gasteiger partial charge is 0.354 e. The fourth-order valence-electron chi connectivity index (χ4n) is 3.18. The zero-order chi connectivity index (χ0) is 21.1. The van der Waals surface area contributed by atoms with Crippen LogP contribution in [0.3, 0.4) is 0 Å². The van der Waals surface area contributed by atoms with E-state index in [9.17, 15) is 4.79 Å². The minimum Gasteiger partial charge on any atom is -0.354 e. The Balaban J connectivity index is 1.85. The van der Waals surface area contributed by atoms with E-state index in [1.807, 2.05) is 48.5 Å². The van der Waals surface area contributed by atoms with Gasteiger partial charge in [-0.15, -0.1) is 0 Å². The highest BCUT2D eigenvalue weighted by Crippen LogP contribution is 2.32. The zero-order valence-corrected chi connectivity index (χ0v) is 16.3. The third-order valence-corrected chi connectivity index (χ3v) is 4.79. The number of benzene rings is 2. The fraction of sp³-hybridized carbons (Fsp3) is 0.0870. The molecule has 0 aliphatic carbocycles. The molecule has 3 N–H and O–H groups in total. The molecule has 4 aromatic rings. The molecule has 2 heterocycles. The van der Waals surface area contributed by atoms with Crippen LogP contribution >= 0.6 is 0 Å². The van der Waals surface area contributed by atoms with Crippen molar-refractivity contribution in [1.82, 2.24) is 15.0 Å². The number of hydrogen-bond acceptors (Lipinski definition) is 7. The number of anilines is 2. The van der Waals surface area contributed by atoms with E-state index in [0.29, 0.717) is 17.8 Å². The molecule has 0 fully saturated rings. The fourth-order valence-corrected chi connectivity index (χ4v) is 3.18. The topological polar surface area (TPSA) is 118 Å². The minimum atomic E-state index is -0.0856. The molecular weight excluding hydrogens is 376 g/mol. The molecule has 0 unspecified atom stereocenters. The number of ketones is 1. The molecule has 7 nitrogen and oxygen atoms in total. The average Bonchev–Trinajstić information content (AvgIpc) is 2.79. The summed E-state index contributed by atoms with van der Waals surface area (Å²) < 4.78 is 0. The molecule has 0 aliphatic rings. The van der Waals surface area contributed by atoms with Crippen LogP contribution in [0.5, 0.6) is 0 Å². The van der Waals surface area contributed by atoms with Gasteiger partial charge in [-0.05, 0) is 42.3 Å². The maximum absolute atomic E-state index is 12.3. The summed E-state index contributed by atoms with van der Waals surface area (Å²) >= 11 is 0. The van der Waals surface area contributed by atoms with E-state index in [2.05, 4.69) is 20.3 Å². The first-order valence-electron chi connectivity index (χ1n) is 9.31. The van der Waals surface area contributed by atoms with Gasteiger partial charge in [0.1, 0.15) is 6.07 Å². The molecule has 2 aromatic heterocycles. The highest BCUT2D eigenvalue weighted by atomic mass is 16.1. The van der Waals surface area contributed by atoms with Gasteiger partial charge in [0, 0.05) is 41.8 Å². The van der Waals surface area contributed by atoms with Crippen molar-refractivity contribution in [1.29, 1.82) is 5.26 Å². The highest BCUT2D eigenvalue weighted by molar-refractivity contribution is 6.08. The van der Waals surface area contributed by atoms with Gasteiger partial charge >= 0.3 is 0 Å². The number of aromatic nitrogens is 3. The molecule has 30 heavy (non-hydrogen) atoms. The standard InChI is InChI=1S/C23H18N6O/c1-14(30)20-13-26-21-7-4-16(17-11-27-22(10-25)28-12-17)8-19(21)23(20)29-18-5-2-15(9-24)3-6-18/h2-8,11-13H,9,24H2,1H3,(H,26,29). The van der Waals surface area contributed by atoms with Crippen LogP contribution in [-0.2, 0) is 6.54 Å². The van der Waals surface area contributed by atoms with Gasteiger partial charge in [-0.25, -0.2) is 9.97 Å². The first kappa shape index (κ1) is 19.2. The first-order valence-corrected chi connectivity index (χ1v) is 9.31. The Morgan fingerprint density at radius 2 is 1.77 bits per heavy atom. The van der Waals surface area contributed by atoms with E-state index in [1.165, 1.54) is 6.92 Å². The molecule has 0 amide bonds. The van der Waals surface area contributed by atoms with Crippen molar-refractivity contribution >= 4 is 28.1 Å². The van der Waals surface area contributed by atoms with Crippen molar-refractivity contribution in [2.24, 2.45) is 5.73 Å². The van der Waals surface area contributed by atoms with Gasteiger partial charge in [0.25, 0.3) is 0 Å². The zero-order valence-electron chi connectivity index (χ0n) is 16.3. The molecule has 2 aromatic carbocycles. The van der Waals surface area contributed by atoms with Crippen LogP contribution < -0.4 is 11.1 Å². The Kier molecular flexibility index (Phi) is 5.16. The second-order valence-corrected chi connectivity index (χ2v) is 6.77. The highest BCUT2D eigenvalue weighted by Gasteiger charge is 2.14. The van der Waals surface area contributed by atoms with Crippen molar-refractivity contribution in [3.05, 3.63) is 78.0 Å². The van der Waals surface area contributed by atoms with E-state index in [4.69, 9.17) is 11.0 Å². The molecule has 0 radical (unpaired) electrons. The lowest BCUT2D eigenvalue weighted by Crippen LogP contribution is -2.03. The molecule has 0 saturated carbocycles. The number of Topliss-reactive ketones (excluding diaryl/α,β-unsaturated/α-hetero) is 1. The SMILES string of the molecule is CC(=O)c1cnc2ccc(-c3cnc(C#N)nc3)cc2c1Nc1ccc(CN)cc1. The molecule has 0 bridgehead atoms. The van der Waals surface area contributed by atoms with Crippen LogP contribution in [0.15, 0.2) is 61.1 Å². The van der Waals surface area contributed by atoms with Crippen LogP contribution in [0.2, 0.25) is 0 Å². The van der Waals surface area contributed by atoms with Crippen LogP contribution in [0, 0.1) is 11.3 Å². The lowest BCUT2D eigenvalue weighted by atomic mass is 10.0. The summed E-state index contributed by atoms with van der Waals surface area (Å²) in [5.41, 5.74) is 11.1. The average molecular weight is 394 g/mol. The minimum absolute atomic E-state index is 0.0856. The van der Waals surface area contributed by atoms with Crippen molar-refractivity contribution < 1.29 is 4.79 Å². The summed E-state index contributed by atoms with van der Waals surface area (Å²) in [5.74, 6) is 0.0286. The van der Waals surface area contributed by atoms with Gasteiger partial charge in [0.15, 0.2) is 5.78 Å². The number of hydrogen-bond donors (Lipinski definition) is 2.